The maximum atomic E-state index is 13.4. The van der Waals surface area contributed by atoms with Gasteiger partial charge in [0.25, 0.3) is 0 Å². The monoisotopic (exact) mass is 633 g/mol. The number of aliphatic imine (C=N–C) groups is 1. The highest BCUT2D eigenvalue weighted by atomic mass is 127. The Labute approximate surface area is 232 Å². The molecule has 1 N–H and O–H groups in total. The number of anilines is 1. The minimum absolute atomic E-state index is 0.0369. The van der Waals surface area contributed by atoms with Crippen molar-refractivity contribution in [2.75, 3.05) is 26.1 Å². The number of amides is 2. The molecule has 1 saturated heterocycles. The Bertz CT molecular complexity index is 1300. The molecule has 1 atom stereocenters. The third-order valence-electron chi connectivity index (χ3n) is 5.67. The van der Waals surface area contributed by atoms with E-state index in [9.17, 15) is 14.0 Å². The van der Waals surface area contributed by atoms with E-state index >= 15 is 0 Å². The molecule has 2 amide bonds. The number of hydrogen-bond acceptors (Lipinski definition) is 6. The number of hydrogen-bond donors (Lipinski definition) is 1. The van der Waals surface area contributed by atoms with Crippen molar-refractivity contribution in [3.05, 3.63) is 81.7 Å². The second kappa shape index (κ2) is 12.4. The standard InChI is InChI=1S/C27H25FIN3O4S/c1-35-22-12-3-17(15-23(22)36-2)13-14-32-25(33)16-24(26(34)30-20-10-6-19(29)7-11-20)37-27(32)31-21-8-4-18(28)5-9-21/h3-12,15,24H,13-14,16H2,1-2H3,(H,30,34)/t24-/m1/s1. The van der Waals surface area contributed by atoms with E-state index in [-0.39, 0.29) is 24.1 Å². The summed E-state index contributed by atoms with van der Waals surface area (Å²) in [5.41, 5.74) is 2.10. The van der Waals surface area contributed by atoms with Crippen molar-refractivity contribution in [3.8, 4) is 11.5 Å². The van der Waals surface area contributed by atoms with Gasteiger partial charge in [-0.05, 0) is 95.2 Å². The Morgan fingerprint density at radius 1 is 1.08 bits per heavy atom. The fourth-order valence-electron chi connectivity index (χ4n) is 3.72. The Morgan fingerprint density at radius 3 is 2.46 bits per heavy atom. The topological polar surface area (TPSA) is 80.2 Å². The quantitative estimate of drug-likeness (QED) is 0.325. The summed E-state index contributed by atoms with van der Waals surface area (Å²) in [5.74, 6) is 0.369. The van der Waals surface area contributed by atoms with E-state index in [1.807, 2.05) is 42.5 Å². The van der Waals surface area contributed by atoms with E-state index < -0.39 is 5.25 Å². The number of halogens is 2. The van der Waals surface area contributed by atoms with Crippen LogP contribution in [-0.2, 0) is 16.0 Å². The highest BCUT2D eigenvalue weighted by molar-refractivity contribution is 14.1. The highest BCUT2D eigenvalue weighted by Gasteiger charge is 2.35. The number of ether oxygens (including phenoxy) is 2. The first-order chi connectivity index (χ1) is 17.9. The minimum Gasteiger partial charge on any atom is -0.493 e. The van der Waals surface area contributed by atoms with Gasteiger partial charge in [0.15, 0.2) is 16.7 Å². The molecule has 10 heteroatoms. The van der Waals surface area contributed by atoms with Crippen LogP contribution < -0.4 is 14.8 Å². The van der Waals surface area contributed by atoms with Gasteiger partial charge in [0, 0.05) is 22.2 Å². The fourth-order valence-corrected chi connectivity index (χ4v) is 5.20. The molecule has 3 aromatic rings. The zero-order chi connectivity index (χ0) is 26.4. The first kappa shape index (κ1) is 26.9. The zero-order valence-electron chi connectivity index (χ0n) is 20.2. The van der Waals surface area contributed by atoms with Gasteiger partial charge in [0.05, 0.1) is 19.9 Å². The van der Waals surface area contributed by atoms with Gasteiger partial charge in [-0.2, -0.15) is 0 Å². The van der Waals surface area contributed by atoms with E-state index in [1.54, 1.807) is 19.1 Å². The number of nitrogens with zero attached hydrogens (tertiary/aromatic N) is 2. The second-order valence-corrected chi connectivity index (χ2v) is 10.6. The molecule has 4 rings (SSSR count). The van der Waals surface area contributed by atoms with Crippen molar-refractivity contribution in [2.45, 2.75) is 18.1 Å². The molecule has 0 bridgehead atoms. The van der Waals surface area contributed by atoms with Gasteiger partial charge in [-0.25, -0.2) is 9.38 Å². The molecule has 0 saturated carbocycles. The minimum atomic E-state index is -0.650. The van der Waals surface area contributed by atoms with Crippen molar-refractivity contribution >= 4 is 62.7 Å². The van der Waals surface area contributed by atoms with Crippen LogP contribution in [0.1, 0.15) is 12.0 Å². The number of methoxy groups -OCH3 is 2. The molecule has 192 valence electrons. The van der Waals surface area contributed by atoms with Crippen LogP contribution in [0.3, 0.4) is 0 Å². The molecular formula is C27H25FIN3O4S. The predicted octanol–water partition coefficient (Wildman–Crippen LogP) is 5.65. The van der Waals surface area contributed by atoms with Crippen molar-refractivity contribution in [2.24, 2.45) is 4.99 Å². The summed E-state index contributed by atoms with van der Waals surface area (Å²) in [7, 11) is 3.14. The van der Waals surface area contributed by atoms with E-state index in [1.165, 1.54) is 36.0 Å². The number of carbonyl (C=O) groups excluding carboxylic acids is 2. The average molecular weight is 633 g/mol. The molecule has 1 aliphatic rings. The van der Waals surface area contributed by atoms with E-state index in [2.05, 4.69) is 32.9 Å². The van der Waals surface area contributed by atoms with E-state index in [0.717, 1.165) is 9.13 Å². The lowest BCUT2D eigenvalue weighted by molar-refractivity contribution is -0.129. The van der Waals surface area contributed by atoms with Gasteiger partial charge in [-0.15, -0.1) is 0 Å². The third-order valence-corrected chi connectivity index (χ3v) is 7.57. The van der Waals surface area contributed by atoms with Gasteiger partial charge in [0.2, 0.25) is 11.8 Å². The molecule has 7 nitrogen and oxygen atoms in total. The fraction of sp³-hybridized carbons (Fsp3) is 0.222. The molecule has 0 radical (unpaired) electrons. The number of nitrogens with one attached hydrogen (secondary N) is 1. The molecule has 0 unspecified atom stereocenters. The molecule has 3 aromatic carbocycles. The molecule has 1 fully saturated rings. The smallest absolute Gasteiger partial charge is 0.238 e. The van der Waals surface area contributed by atoms with Gasteiger partial charge in [0.1, 0.15) is 11.1 Å². The Hall–Kier alpha value is -3.12. The Balaban J connectivity index is 1.55. The lowest BCUT2D eigenvalue weighted by Crippen LogP contribution is -2.46. The van der Waals surface area contributed by atoms with Crippen LogP contribution in [0, 0.1) is 9.39 Å². The Morgan fingerprint density at radius 2 is 1.78 bits per heavy atom. The molecule has 37 heavy (non-hydrogen) atoms. The summed E-state index contributed by atoms with van der Waals surface area (Å²) in [6.07, 6.45) is 0.573. The van der Waals surface area contributed by atoms with Crippen LogP contribution in [0.4, 0.5) is 15.8 Å². The van der Waals surface area contributed by atoms with Crippen LogP contribution in [0.5, 0.6) is 11.5 Å². The van der Waals surface area contributed by atoms with Crippen LogP contribution in [-0.4, -0.2) is 47.9 Å². The van der Waals surface area contributed by atoms with E-state index in [0.29, 0.717) is 41.0 Å². The molecule has 0 aliphatic carbocycles. The number of amidine groups is 1. The predicted molar refractivity (Wildman–Crippen MR) is 152 cm³/mol. The van der Waals surface area contributed by atoms with Gasteiger partial charge >= 0.3 is 0 Å². The van der Waals surface area contributed by atoms with Crippen molar-refractivity contribution in [1.82, 2.24) is 4.90 Å². The maximum absolute atomic E-state index is 13.4. The van der Waals surface area contributed by atoms with E-state index in [4.69, 9.17) is 9.47 Å². The van der Waals surface area contributed by atoms with Gasteiger partial charge in [-0.1, -0.05) is 17.8 Å². The second-order valence-electron chi connectivity index (χ2n) is 8.16. The van der Waals surface area contributed by atoms with Gasteiger partial charge in [-0.3, -0.25) is 14.5 Å². The summed E-state index contributed by atoms with van der Waals surface area (Å²) in [5, 5.41) is 2.63. The lowest BCUT2D eigenvalue weighted by Gasteiger charge is -2.32. The van der Waals surface area contributed by atoms with Crippen LogP contribution in [0.25, 0.3) is 0 Å². The molecule has 1 aliphatic heterocycles. The number of benzene rings is 3. The summed E-state index contributed by atoms with van der Waals surface area (Å²) in [6, 6.07) is 18.7. The van der Waals surface area contributed by atoms with Crippen LogP contribution in [0.15, 0.2) is 71.7 Å². The first-order valence-corrected chi connectivity index (χ1v) is 13.4. The normalized spacial score (nSPS) is 16.5. The number of rotatable bonds is 8. The average Bonchev–Trinajstić information content (AvgIpc) is 2.90. The highest BCUT2D eigenvalue weighted by Crippen LogP contribution is 2.31. The third kappa shape index (κ3) is 7.01. The Kier molecular flexibility index (Phi) is 9.04. The van der Waals surface area contributed by atoms with Crippen molar-refractivity contribution in [1.29, 1.82) is 0 Å². The molecule has 1 heterocycles. The summed E-state index contributed by atoms with van der Waals surface area (Å²) in [4.78, 5) is 32.5. The molecule has 0 aromatic heterocycles. The zero-order valence-corrected chi connectivity index (χ0v) is 23.2. The lowest BCUT2D eigenvalue weighted by atomic mass is 10.1. The largest absolute Gasteiger partial charge is 0.493 e. The summed E-state index contributed by atoms with van der Waals surface area (Å²) in [6.45, 7) is 0.354. The summed E-state index contributed by atoms with van der Waals surface area (Å²) < 4.78 is 25.2. The van der Waals surface area contributed by atoms with Gasteiger partial charge < -0.3 is 14.8 Å². The molecule has 0 spiro atoms. The molecular weight excluding hydrogens is 608 g/mol. The van der Waals surface area contributed by atoms with Crippen LogP contribution in [0.2, 0.25) is 0 Å². The van der Waals surface area contributed by atoms with Crippen molar-refractivity contribution in [3.63, 3.8) is 0 Å². The maximum Gasteiger partial charge on any atom is 0.238 e. The number of thioether (sulfide) groups is 1. The summed E-state index contributed by atoms with van der Waals surface area (Å²) >= 11 is 3.42. The number of carbonyl (C=O) groups is 2. The SMILES string of the molecule is COc1ccc(CCN2C(=O)C[C@H](C(=O)Nc3ccc(I)cc3)SC2=Nc2ccc(F)cc2)cc1OC. The van der Waals surface area contributed by atoms with Crippen molar-refractivity contribution < 1.29 is 23.5 Å². The first-order valence-electron chi connectivity index (χ1n) is 11.4. The van der Waals surface area contributed by atoms with Crippen LogP contribution >= 0.6 is 34.4 Å².